The van der Waals surface area contributed by atoms with Crippen molar-refractivity contribution in [1.82, 2.24) is 9.88 Å². The highest BCUT2D eigenvalue weighted by molar-refractivity contribution is 6.00. The van der Waals surface area contributed by atoms with Crippen molar-refractivity contribution < 1.29 is 19.4 Å². The third-order valence-electron chi connectivity index (χ3n) is 4.14. The van der Waals surface area contributed by atoms with Crippen LogP contribution in [-0.4, -0.2) is 41.3 Å². The molecule has 1 heterocycles. The maximum atomic E-state index is 12.2. The number of aliphatic carboxylic acids is 1. The molecular formula is C17H22N2O4. The van der Waals surface area contributed by atoms with E-state index in [1.165, 1.54) is 6.92 Å². The highest BCUT2D eigenvalue weighted by atomic mass is 16.5. The topological polar surface area (TPSA) is 80.6 Å². The fourth-order valence-corrected chi connectivity index (χ4v) is 2.60. The summed E-state index contributed by atoms with van der Waals surface area (Å²) in [5, 5.41) is 12.4. The Morgan fingerprint density at radius 3 is 2.65 bits per heavy atom. The normalized spacial score (nSPS) is 12.3. The van der Waals surface area contributed by atoms with Crippen LogP contribution >= 0.6 is 0 Å². The number of amides is 1. The number of benzene rings is 1. The van der Waals surface area contributed by atoms with Crippen molar-refractivity contribution in [3.63, 3.8) is 0 Å². The summed E-state index contributed by atoms with van der Waals surface area (Å²) in [5.74, 6) is -1.44. The second-order valence-electron chi connectivity index (χ2n) is 5.62. The molecule has 6 nitrogen and oxygen atoms in total. The van der Waals surface area contributed by atoms with Crippen molar-refractivity contribution >= 4 is 22.8 Å². The van der Waals surface area contributed by atoms with Gasteiger partial charge in [-0.3, -0.25) is 9.59 Å². The zero-order chi connectivity index (χ0) is 17.1. The zero-order valence-corrected chi connectivity index (χ0v) is 13.8. The number of carboxylic acid groups (broad SMARTS) is 1. The summed E-state index contributed by atoms with van der Waals surface area (Å²) in [4.78, 5) is 23.0. The Hall–Kier alpha value is -2.34. The number of aromatic nitrogens is 1. The van der Waals surface area contributed by atoms with E-state index in [-0.39, 0.29) is 5.91 Å². The van der Waals surface area contributed by atoms with Crippen LogP contribution in [0.3, 0.4) is 0 Å². The Bertz CT molecular complexity index is 749. The first-order valence-corrected chi connectivity index (χ1v) is 7.48. The van der Waals surface area contributed by atoms with Crippen LogP contribution in [0.2, 0.25) is 0 Å². The number of carbonyl (C=O) groups excluding carboxylic acids is 1. The van der Waals surface area contributed by atoms with Gasteiger partial charge in [0.15, 0.2) is 0 Å². The van der Waals surface area contributed by atoms with Gasteiger partial charge in [0.05, 0.1) is 6.61 Å². The van der Waals surface area contributed by atoms with E-state index < -0.39 is 12.0 Å². The average Bonchev–Trinajstić information content (AvgIpc) is 2.76. The third kappa shape index (κ3) is 3.37. The molecule has 0 bridgehead atoms. The van der Waals surface area contributed by atoms with Crippen LogP contribution in [0.15, 0.2) is 18.2 Å². The molecular weight excluding hydrogens is 296 g/mol. The van der Waals surface area contributed by atoms with E-state index in [4.69, 9.17) is 9.84 Å². The molecule has 0 spiro atoms. The van der Waals surface area contributed by atoms with E-state index in [9.17, 15) is 9.59 Å². The van der Waals surface area contributed by atoms with Crippen LogP contribution in [0, 0.1) is 13.8 Å². The van der Waals surface area contributed by atoms with E-state index >= 15 is 0 Å². The standard InChI is InChI=1S/C17H22N2O4/c1-10-12(3)19(7-8-23-4)15-6-5-13(9-14(10)15)16(20)18-11(2)17(21)22/h5-6,9,11H,7-8H2,1-4H3,(H,18,20)(H,21,22)/t11-/m1/s1. The zero-order valence-electron chi connectivity index (χ0n) is 13.8. The van der Waals surface area contributed by atoms with Crippen LogP contribution in [0.5, 0.6) is 0 Å². The van der Waals surface area contributed by atoms with E-state index in [1.807, 2.05) is 26.0 Å². The first-order chi connectivity index (χ1) is 10.9. The highest BCUT2D eigenvalue weighted by Crippen LogP contribution is 2.26. The van der Waals surface area contributed by atoms with E-state index in [1.54, 1.807) is 13.2 Å². The number of carbonyl (C=O) groups is 2. The van der Waals surface area contributed by atoms with Gasteiger partial charge < -0.3 is 19.7 Å². The minimum Gasteiger partial charge on any atom is -0.480 e. The monoisotopic (exact) mass is 318 g/mol. The van der Waals surface area contributed by atoms with Crippen molar-refractivity contribution in [2.75, 3.05) is 13.7 Å². The summed E-state index contributed by atoms with van der Waals surface area (Å²) < 4.78 is 7.31. The van der Waals surface area contributed by atoms with Gasteiger partial charge >= 0.3 is 5.97 Å². The molecule has 0 aliphatic heterocycles. The minimum absolute atomic E-state index is 0.386. The van der Waals surface area contributed by atoms with Gasteiger partial charge in [0.25, 0.3) is 5.91 Å². The predicted octanol–water partition coefficient (Wildman–Crippen LogP) is 2.11. The Morgan fingerprint density at radius 2 is 2.04 bits per heavy atom. The first kappa shape index (κ1) is 17.0. The fraction of sp³-hybridized carbons (Fsp3) is 0.412. The number of carboxylic acids is 1. The molecule has 0 unspecified atom stereocenters. The lowest BCUT2D eigenvalue weighted by atomic mass is 10.1. The lowest BCUT2D eigenvalue weighted by molar-refractivity contribution is -0.138. The highest BCUT2D eigenvalue weighted by Gasteiger charge is 2.17. The summed E-state index contributed by atoms with van der Waals surface area (Å²) in [7, 11) is 1.67. The van der Waals surface area contributed by atoms with Crippen molar-refractivity contribution in [2.45, 2.75) is 33.4 Å². The first-order valence-electron chi connectivity index (χ1n) is 7.48. The molecule has 0 saturated carbocycles. The molecule has 23 heavy (non-hydrogen) atoms. The smallest absolute Gasteiger partial charge is 0.325 e. The van der Waals surface area contributed by atoms with Crippen LogP contribution in [0.1, 0.15) is 28.5 Å². The van der Waals surface area contributed by atoms with Crippen LogP contribution < -0.4 is 5.32 Å². The molecule has 0 radical (unpaired) electrons. The number of hydrogen-bond acceptors (Lipinski definition) is 3. The molecule has 2 rings (SSSR count). The van der Waals surface area contributed by atoms with Crippen LogP contribution in [-0.2, 0) is 16.1 Å². The second kappa shape index (κ2) is 6.83. The van der Waals surface area contributed by atoms with Crippen molar-refractivity contribution in [2.24, 2.45) is 0 Å². The van der Waals surface area contributed by atoms with Crippen molar-refractivity contribution in [3.05, 3.63) is 35.0 Å². The predicted molar refractivity (Wildman–Crippen MR) is 87.9 cm³/mol. The molecule has 1 aromatic carbocycles. The van der Waals surface area contributed by atoms with Gasteiger partial charge in [-0.2, -0.15) is 0 Å². The maximum absolute atomic E-state index is 12.2. The Kier molecular flexibility index (Phi) is 5.05. The molecule has 1 aromatic heterocycles. The average molecular weight is 318 g/mol. The fourth-order valence-electron chi connectivity index (χ4n) is 2.60. The quantitative estimate of drug-likeness (QED) is 0.855. The van der Waals surface area contributed by atoms with E-state index in [2.05, 4.69) is 9.88 Å². The number of fused-ring (bicyclic) bond motifs is 1. The molecule has 0 saturated heterocycles. The Balaban J connectivity index is 2.37. The number of aryl methyl sites for hydroxylation is 1. The van der Waals surface area contributed by atoms with Gasteiger partial charge in [-0.25, -0.2) is 0 Å². The van der Waals surface area contributed by atoms with Crippen molar-refractivity contribution in [3.8, 4) is 0 Å². The summed E-state index contributed by atoms with van der Waals surface area (Å²) in [6.45, 7) is 6.85. The molecule has 2 N–H and O–H groups in total. The summed E-state index contributed by atoms with van der Waals surface area (Å²) >= 11 is 0. The molecule has 1 amide bonds. The van der Waals surface area contributed by atoms with Gasteiger partial charge in [0.2, 0.25) is 0 Å². The molecule has 0 aliphatic rings. The summed E-state index contributed by atoms with van der Waals surface area (Å²) in [6.07, 6.45) is 0. The lowest BCUT2D eigenvalue weighted by Gasteiger charge is -2.10. The second-order valence-corrected chi connectivity index (χ2v) is 5.62. The number of nitrogens with zero attached hydrogens (tertiary/aromatic N) is 1. The Morgan fingerprint density at radius 1 is 1.35 bits per heavy atom. The number of nitrogens with one attached hydrogen (secondary N) is 1. The van der Waals surface area contributed by atoms with Gasteiger partial charge in [-0.05, 0) is 44.5 Å². The molecule has 2 aromatic rings. The third-order valence-corrected chi connectivity index (χ3v) is 4.14. The number of ether oxygens (including phenoxy) is 1. The van der Waals surface area contributed by atoms with Gasteiger partial charge in [-0.1, -0.05) is 0 Å². The summed E-state index contributed by atoms with van der Waals surface area (Å²) in [6, 6.07) is 4.50. The molecule has 0 fully saturated rings. The lowest BCUT2D eigenvalue weighted by Crippen LogP contribution is -2.38. The summed E-state index contributed by atoms with van der Waals surface area (Å²) in [5.41, 5.74) is 3.74. The largest absolute Gasteiger partial charge is 0.480 e. The van der Waals surface area contributed by atoms with Crippen molar-refractivity contribution in [1.29, 1.82) is 0 Å². The SMILES string of the molecule is COCCn1c(C)c(C)c2cc(C(=O)N[C@H](C)C(=O)O)ccc21. The molecule has 6 heteroatoms. The molecule has 0 aliphatic carbocycles. The van der Waals surface area contributed by atoms with Crippen LogP contribution in [0.25, 0.3) is 10.9 Å². The van der Waals surface area contributed by atoms with E-state index in [0.29, 0.717) is 12.2 Å². The number of hydrogen-bond donors (Lipinski definition) is 2. The Labute approximate surface area is 135 Å². The molecule has 124 valence electrons. The minimum atomic E-state index is -1.06. The van der Waals surface area contributed by atoms with Gasteiger partial charge in [0.1, 0.15) is 6.04 Å². The number of methoxy groups -OCH3 is 1. The van der Waals surface area contributed by atoms with Crippen LogP contribution in [0.4, 0.5) is 0 Å². The number of rotatable bonds is 6. The van der Waals surface area contributed by atoms with Gasteiger partial charge in [0, 0.05) is 35.8 Å². The molecule has 1 atom stereocenters. The van der Waals surface area contributed by atoms with E-state index in [0.717, 1.165) is 28.7 Å². The maximum Gasteiger partial charge on any atom is 0.325 e. The van der Waals surface area contributed by atoms with Gasteiger partial charge in [-0.15, -0.1) is 0 Å².